The summed E-state index contributed by atoms with van der Waals surface area (Å²) >= 11 is 0. The monoisotopic (exact) mass is 285 g/mol. The molecule has 2 rings (SSSR count). The van der Waals surface area contributed by atoms with Crippen LogP contribution >= 0.6 is 0 Å². The Bertz CT molecular complexity index is 752. The zero-order valence-corrected chi connectivity index (χ0v) is 10.9. The lowest BCUT2D eigenvalue weighted by Crippen LogP contribution is -2.02. The molecule has 0 aliphatic carbocycles. The van der Waals surface area contributed by atoms with Crippen LogP contribution in [0, 0.1) is 34.3 Å². The van der Waals surface area contributed by atoms with E-state index in [1.54, 1.807) is 18.2 Å². The first-order valence-corrected chi connectivity index (χ1v) is 5.84. The summed E-state index contributed by atoms with van der Waals surface area (Å²) in [5.74, 6) is -1.58. The molecule has 0 aromatic heterocycles. The van der Waals surface area contributed by atoms with Crippen LogP contribution in [-0.2, 0) is 0 Å². The lowest BCUT2D eigenvalue weighted by atomic mass is 10.1. The number of methoxy groups -OCH3 is 1. The standard InChI is InChI=1S/C15H9F2N3O/c1-21-13-4-2-3-10(8-19)14(13)20-15-11(16)5-9(7-18)6-12(15)17/h2-6,20H,1H3. The molecule has 104 valence electrons. The van der Waals surface area contributed by atoms with E-state index in [1.807, 2.05) is 6.07 Å². The van der Waals surface area contributed by atoms with E-state index in [0.29, 0.717) is 0 Å². The average molecular weight is 285 g/mol. The molecule has 2 aromatic rings. The maximum atomic E-state index is 13.9. The SMILES string of the molecule is COc1cccc(C#N)c1Nc1c(F)cc(C#N)cc1F. The number of nitrogens with one attached hydrogen (secondary N) is 1. The maximum Gasteiger partial charge on any atom is 0.150 e. The summed E-state index contributed by atoms with van der Waals surface area (Å²) in [5.41, 5.74) is -0.242. The number of rotatable bonds is 3. The third-order valence-electron chi connectivity index (χ3n) is 2.79. The van der Waals surface area contributed by atoms with Gasteiger partial charge in [0.2, 0.25) is 0 Å². The molecular formula is C15H9F2N3O. The third kappa shape index (κ3) is 2.75. The molecule has 6 heteroatoms. The van der Waals surface area contributed by atoms with E-state index in [2.05, 4.69) is 5.32 Å². The molecule has 0 radical (unpaired) electrons. The van der Waals surface area contributed by atoms with E-state index in [-0.39, 0.29) is 22.6 Å². The van der Waals surface area contributed by atoms with Crippen molar-refractivity contribution in [3.63, 3.8) is 0 Å². The number of hydrogen-bond donors (Lipinski definition) is 1. The van der Waals surface area contributed by atoms with Gasteiger partial charge in [-0.25, -0.2) is 8.78 Å². The minimum Gasteiger partial charge on any atom is -0.495 e. The van der Waals surface area contributed by atoms with Gasteiger partial charge in [0, 0.05) is 0 Å². The van der Waals surface area contributed by atoms with Crippen molar-refractivity contribution in [2.75, 3.05) is 12.4 Å². The van der Waals surface area contributed by atoms with Crippen LogP contribution in [0.2, 0.25) is 0 Å². The van der Waals surface area contributed by atoms with Crippen LogP contribution in [0.1, 0.15) is 11.1 Å². The summed E-state index contributed by atoms with van der Waals surface area (Å²) < 4.78 is 32.8. The topological polar surface area (TPSA) is 68.8 Å². The van der Waals surface area contributed by atoms with E-state index < -0.39 is 17.3 Å². The highest BCUT2D eigenvalue weighted by atomic mass is 19.1. The fourth-order valence-electron chi connectivity index (χ4n) is 1.81. The molecule has 1 N–H and O–H groups in total. The molecular weight excluding hydrogens is 276 g/mol. The Morgan fingerprint density at radius 2 is 1.71 bits per heavy atom. The molecule has 0 saturated carbocycles. The molecule has 4 nitrogen and oxygen atoms in total. The Morgan fingerprint density at radius 1 is 1.05 bits per heavy atom. The minimum absolute atomic E-state index is 0.129. The Labute approximate surface area is 119 Å². The average Bonchev–Trinajstić information content (AvgIpc) is 2.50. The number of nitrogens with zero attached hydrogens (tertiary/aromatic N) is 2. The largest absolute Gasteiger partial charge is 0.495 e. The van der Waals surface area contributed by atoms with E-state index in [9.17, 15) is 8.78 Å². The summed E-state index contributed by atoms with van der Waals surface area (Å²) in [6, 6.07) is 10.0. The predicted molar refractivity (Wildman–Crippen MR) is 72.1 cm³/mol. The molecule has 0 fully saturated rings. The van der Waals surface area contributed by atoms with Gasteiger partial charge in [0.25, 0.3) is 0 Å². The molecule has 0 spiro atoms. The van der Waals surface area contributed by atoms with E-state index in [0.717, 1.165) is 12.1 Å². The van der Waals surface area contributed by atoms with Crippen LogP contribution < -0.4 is 10.1 Å². The summed E-state index contributed by atoms with van der Waals surface area (Å²) in [6.07, 6.45) is 0. The zero-order valence-electron chi connectivity index (χ0n) is 10.9. The number of benzene rings is 2. The van der Waals surface area contributed by atoms with Crippen LogP contribution in [-0.4, -0.2) is 7.11 Å². The second-order valence-electron chi connectivity index (χ2n) is 4.05. The number of halogens is 2. The highest BCUT2D eigenvalue weighted by Crippen LogP contribution is 2.33. The molecule has 0 atom stereocenters. The number of hydrogen-bond acceptors (Lipinski definition) is 4. The molecule has 0 bridgehead atoms. The van der Waals surface area contributed by atoms with Gasteiger partial charge in [-0.1, -0.05) is 6.07 Å². The smallest absolute Gasteiger partial charge is 0.150 e. The summed E-state index contributed by atoms with van der Waals surface area (Å²) in [6.45, 7) is 0. The van der Waals surface area contributed by atoms with Crippen LogP contribution in [0.3, 0.4) is 0 Å². The quantitative estimate of drug-likeness (QED) is 0.937. The molecule has 0 saturated heterocycles. The van der Waals surface area contributed by atoms with Gasteiger partial charge in [-0.15, -0.1) is 0 Å². The molecule has 21 heavy (non-hydrogen) atoms. The first kappa shape index (κ1) is 14.3. The summed E-state index contributed by atoms with van der Waals surface area (Å²) in [4.78, 5) is 0. The van der Waals surface area contributed by atoms with Crippen molar-refractivity contribution in [1.29, 1.82) is 10.5 Å². The van der Waals surface area contributed by atoms with Gasteiger partial charge in [0.15, 0.2) is 11.6 Å². The van der Waals surface area contributed by atoms with Gasteiger partial charge in [0.1, 0.15) is 17.5 Å². The molecule has 0 heterocycles. The Kier molecular flexibility index (Phi) is 4.01. The lowest BCUT2D eigenvalue weighted by molar-refractivity contribution is 0.416. The zero-order chi connectivity index (χ0) is 15.4. The van der Waals surface area contributed by atoms with Crippen molar-refractivity contribution in [2.24, 2.45) is 0 Å². The summed E-state index contributed by atoms with van der Waals surface area (Å²) in [7, 11) is 1.38. The Balaban J connectivity index is 2.54. The normalized spacial score (nSPS) is 9.57. The Morgan fingerprint density at radius 3 is 2.24 bits per heavy atom. The fourth-order valence-corrected chi connectivity index (χ4v) is 1.81. The predicted octanol–water partition coefficient (Wildman–Crippen LogP) is 3.46. The van der Waals surface area contributed by atoms with Crippen molar-refractivity contribution in [1.82, 2.24) is 0 Å². The van der Waals surface area contributed by atoms with Crippen molar-refractivity contribution < 1.29 is 13.5 Å². The number of nitriles is 2. The first-order valence-electron chi connectivity index (χ1n) is 5.84. The second-order valence-corrected chi connectivity index (χ2v) is 4.05. The van der Waals surface area contributed by atoms with Gasteiger partial charge in [-0.2, -0.15) is 10.5 Å². The fraction of sp³-hybridized carbons (Fsp3) is 0.0667. The minimum atomic E-state index is -0.929. The van der Waals surface area contributed by atoms with Crippen molar-refractivity contribution in [3.8, 4) is 17.9 Å². The number of ether oxygens (including phenoxy) is 1. The van der Waals surface area contributed by atoms with Gasteiger partial charge >= 0.3 is 0 Å². The van der Waals surface area contributed by atoms with E-state index >= 15 is 0 Å². The summed E-state index contributed by atoms with van der Waals surface area (Å²) in [5, 5.41) is 20.2. The molecule has 0 unspecified atom stereocenters. The van der Waals surface area contributed by atoms with Crippen molar-refractivity contribution >= 4 is 11.4 Å². The van der Waals surface area contributed by atoms with Crippen LogP contribution in [0.25, 0.3) is 0 Å². The van der Waals surface area contributed by atoms with Gasteiger partial charge in [-0.05, 0) is 24.3 Å². The van der Waals surface area contributed by atoms with Crippen molar-refractivity contribution in [3.05, 3.63) is 53.1 Å². The second kappa shape index (κ2) is 5.89. The molecule has 0 aliphatic rings. The van der Waals surface area contributed by atoms with Gasteiger partial charge in [0.05, 0.1) is 30.0 Å². The highest BCUT2D eigenvalue weighted by Gasteiger charge is 2.16. The van der Waals surface area contributed by atoms with Crippen LogP contribution in [0.5, 0.6) is 5.75 Å². The number of anilines is 2. The lowest BCUT2D eigenvalue weighted by Gasteiger charge is -2.14. The van der Waals surface area contributed by atoms with Gasteiger partial charge < -0.3 is 10.1 Å². The van der Waals surface area contributed by atoms with Gasteiger partial charge in [-0.3, -0.25) is 0 Å². The molecule has 2 aromatic carbocycles. The molecule has 0 amide bonds. The van der Waals surface area contributed by atoms with Crippen LogP contribution in [0.4, 0.5) is 20.2 Å². The third-order valence-corrected chi connectivity index (χ3v) is 2.79. The van der Waals surface area contributed by atoms with E-state index in [4.69, 9.17) is 15.3 Å². The highest BCUT2D eigenvalue weighted by molar-refractivity contribution is 5.73. The number of para-hydroxylation sites is 1. The van der Waals surface area contributed by atoms with Crippen molar-refractivity contribution in [2.45, 2.75) is 0 Å². The van der Waals surface area contributed by atoms with Crippen LogP contribution in [0.15, 0.2) is 30.3 Å². The molecule has 0 aliphatic heterocycles. The maximum absolute atomic E-state index is 13.9. The first-order chi connectivity index (χ1) is 10.1. The Hall–Kier alpha value is -3.12. The van der Waals surface area contributed by atoms with E-state index in [1.165, 1.54) is 13.2 Å².